The predicted octanol–water partition coefficient (Wildman–Crippen LogP) is 3.22. The van der Waals surface area contributed by atoms with Crippen LogP contribution in [0.2, 0.25) is 0 Å². The van der Waals surface area contributed by atoms with Crippen molar-refractivity contribution >= 4 is 35.8 Å². The Morgan fingerprint density at radius 2 is 2.00 bits per heavy atom. The molecule has 0 amide bonds. The monoisotopic (exact) mass is 549 g/mol. The van der Waals surface area contributed by atoms with Crippen molar-refractivity contribution in [1.82, 2.24) is 25.2 Å². The molecule has 1 aliphatic rings. The summed E-state index contributed by atoms with van der Waals surface area (Å²) >= 11 is 0. The molecule has 1 fully saturated rings. The van der Waals surface area contributed by atoms with Gasteiger partial charge in [-0.1, -0.05) is 30.3 Å². The third kappa shape index (κ3) is 6.18. The lowest BCUT2D eigenvalue weighted by Gasteiger charge is -2.20. The molecule has 3 aromatic rings. The van der Waals surface area contributed by atoms with Crippen LogP contribution in [0.15, 0.2) is 66.0 Å². The second-order valence-corrected chi connectivity index (χ2v) is 7.58. The van der Waals surface area contributed by atoms with E-state index in [1.54, 1.807) is 19.3 Å². The van der Waals surface area contributed by atoms with Gasteiger partial charge in [0.1, 0.15) is 5.82 Å². The Balaban J connectivity index is 0.00000289. The summed E-state index contributed by atoms with van der Waals surface area (Å²) in [5.41, 5.74) is 1.31. The molecule has 1 aliphatic heterocycles. The molecular formula is C23H29FIN7. The SMILES string of the molecule is CN=C(NCc1nccn1CCc1ccccc1)NC1CCN(c2ncccc2F)C1.I. The highest BCUT2D eigenvalue weighted by molar-refractivity contribution is 14.0. The van der Waals surface area contributed by atoms with Crippen molar-refractivity contribution in [3.63, 3.8) is 0 Å². The summed E-state index contributed by atoms with van der Waals surface area (Å²) < 4.78 is 16.2. The molecule has 2 N–H and O–H groups in total. The van der Waals surface area contributed by atoms with Gasteiger partial charge in [0.25, 0.3) is 0 Å². The molecule has 7 nitrogen and oxygen atoms in total. The normalized spacial score (nSPS) is 16.0. The number of rotatable bonds is 7. The van der Waals surface area contributed by atoms with Gasteiger partial charge in [0.05, 0.1) is 6.54 Å². The van der Waals surface area contributed by atoms with Gasteiger partial charge in [-0.2, -0.15) is 0 Å². The van der Waals surface area contributed by atoms with E-state index in [1.165, 1.54) is 11.6 Å². The van der Waals surface area contributed by atoms with E-state index in [1.807, 2.05) is 23.4 Å². The standard InChI is InChI=1S/C23H28FN7.HI/c1-25-23(29-19-10-14-31(17-19)22-20(24)8-5-11-27-22)28-16-21-26-12-15-30(21)13-9-18-6-3-2-4-7-18;/h2-8,11-12,15,19H,9-10,13-14,16-17H2,1H3,(H2,25,28,29);1H. The van der Waals surface area contributed by atoms with Crippen LogP contribution in [0.3, 0.4) is 0 Å². The lowest BCUT2D eigenvalue weighted by molar-refractivity contribution is 0.609. The first kappa shape index (κ1) is 24.0. The molecule has 4 rings (SSSR count). The van der Waals surface area contributed by atoms with Crippen molar-refractivity contribution in [2.24, 2.45) is 4.99 Å². The minimum absolute atomic E-state index is 0. The smallest absolute Gasteiger partial charge is 0.191 e. The highest BCUT2D eigenvalue weighted by atomic mass is 127. The highest BCUT2D eigenvalue weighted by Gasteiger charge is 2.26. The van der Waals surface area contributed by atoms with Gasteiger partial charge in [-0.3, -0.25) is 4.99 Å². The third-order valence-corrected chi connectivity index (χ3v) is 5.49. The molecule has 170 valence electrons. The largest absolute Gasteiger partial charge is 0.352 e. The van der Waals surface area contributed by atoms with Crippen LogP contribution in [-0.4, -0.2) is 46.7 Å². The lowest BCUT2D eigenvalue weighted by atomic mass is 10.1. The molecule has 1 atom stereocenters. The molecule has 0 bridgehead atoms. The van der Waals surface area contributed by atoms with Crippen LogP contribution in [-0.2, 0) is 19.5 Å². The number of nitrogens with zero attached hydrogens (tertiary/aromatic N) is 5. The summed E-state index contributed by atoms with van der Waals surface area (Å²) in [6.07, 6.45) is 7.31. The van der Waals surface area contributed by atoms with Crippen molar-refractivity contribution in [3.05, 3.63) is 78.3 Å². The molecule has 3 heterocycles. The van der Waals surface area contributed by atoms with E-state index in [0.717, 1.165) is 31.8 Å². The van der Waals surface area contributed by atoms with Gasteiger partial charge in [0.2, 0.25) is 0 Å². The van der Waals surface area contributed by atoms with Crippen molar-refractivity contribution < 1.29 is 4.39 Å². The Bertz CT molecular complexity index is 1010. The molecule has 0 saturated carbocycles. The Hall–Kier alpha value is -2.69. The molecular weight excluding hydrogens is 520 g/mol. The van der Waals surface area contributed by atoms with Crippen LogP contribution in [0.25, 0.3) is 0 Å². The number of guanidine groups is 1. The topological polar surface area (TPSA) is 70.4 Å². The summed E-state index contributed by atoms with van der Waals surface area (Å²) in [5, 5.41) is 6.79. The first-order valence-electron chi connectivity index (χ1n) is 10.6. The average Bonchev–Trinajstić information content (AvgIpc) is 3.45. The fourth-order valence-corrected chi connectivity index (χ4v) is 3.84. The minimum atomic E-state index is -0.284. The highest BCUT2D eigenvalue weighted by Crippen LogP contribution is 2.20. The number of aliphatic imine (C=N–C) groups is 1. The van der Waals surface area contributed by atoms with Gasteiger partial charge >= 0.3 is 0 Å². The van der Waals surface area contributed by atoms with Crippen molar-refractivity contribution in [3.8, 4) is 0 Å². The molecule has 0 spiro atoms. The van der Waals surface area contributed by atoms with Crippen LogP contribution in [0.4, 0.5) is 10.2 Å². The van der Waals surface area contributed by atoms with Crippen LogP contribution in [0, 0.1) is 5.82 Å². The van der Waals surface area contributed by atoms with Gasteiger partial charge < -0.3 is 20.1 Å². The Kier molecular flexibility index (Phi) is 8.83. The number of nitrogens with one attached hydrogen (secondary N) is 2. The lowest BCUT2D eigenvalue weighted by Crippen LogP contribution is -2.44. The average molecular weight is 549 g/mol. The van der Waals surface area contributed by atoms with Crippen LogP contribution >= 0.6 is 24.0 Å². The number of hydrogen-bond acceptors (Lipinski definition) is 4. The van der Waals surface area contributed by atoms with Gasteiger partial charge in [0.15, 0.2) is 17.6 Å². The number of anilines is 1. The fourth-order valence-electron chi connectivity index (χ4n) is 3.84. The molecule has 32 heavy (non-hydrogen) atoms. The maximum Gasteiger partial charge on any atom is 0.191 e. The Labute approximate surface area is 205 Å². The van der Waals surface area contributed by atoms with E-state index in [4.69, 9.17) is 0 Å². The molecule has 9 heteroatoms. The van der Waals surface area contributed by atoms with Gasteiger partial charge in [-0.05, 0) is 30.5 Å². The van der Waals surface area contributed by atoms with Crippen molar-refractivity contribution in [1.29, 1.82) is 0 Å². The number of halogens is 2. The second kappa shape index (κ2) is 11.8. The summed E-state index contributed by atoms with van der Waals surface area (Å²) in [7, 11) is 1.75. The van der Waals surface area contributed by atoms with Gasteiger partial charge in [-0.15, -0.1) is 24.0 Å². The van der Waals surface area contributed by atoms with E-state index >= 15 is 0 Å². The van der Waals surface area contributed by atoms with Gasteiger partial charge in [-0.25, -0.2) is 14.4 Å². The quantitative estimate of drug-likeness (QED) is 0.269. The van der Waals surface area contributed by atoms with Crippen molar-refractivity contribution in [2.45, 2.75) is 32.0 Å². The third-order valence-electron chi connectivity index (χ3n) is 5.49. The maximum atomic E-state index is 14.0. The van der Waals surface area contributed by atoms with E-state index in [0.29, 0.717) is 24.9 Å². The number of imidazole rings is 1. The predicted molar refractivity (Wildman–Crippen MR) is 136 cm³/mol. The van der Waals surface area contributed by atoms with E-state index < -0.39 is 0 Å². The van der Waals surface area contributed by atoms with E-state index in [-0.39, 0.29) is 35.8 Å². The first-order valence-corrected chi connectivity index (χ1v) is 10.6. The summed E-state index contributed by atoms with van der Waals surface area (Å²) in [4.78, 5) is 15.0. The second-order valence-electron chi connectivity index (χ2n) is 7.58. The summed E-state index contributed by atoms with van der Waals surface area (Å²) in [6, 6.07) is 13.7. The van der Waals surface area contributed by atoms with Crippen LogP contribution in [0.1, 0.15) is 17.8 Å². The van der Waals surface area contributed by atoms with Crippen LogP contribution in [0.5, 0.6) is 0 Å². The van der Waals surface area contributed by atoms with Crippen molar-refractivity contribution in [2.75, 3.05) is 25.0 Å². The Morgan fingerprint density at radius 3 is 2.78 bits per heavy atom. The molecule has 1 unspecified atom stereocenters. The zero-order valence-corrected chi connectivity index (χ0v) is 20.4. The molecule has 0 aliphatic carbocycles. The molecule has 1 aromatic carbocycles. The zero-order valence-electron chi connectivity index (χ0n) is 18.1. The molecule has 2 aromatic heterocycles. The Morgan fingerprint density at radius 1 is 1.16 bits per heavy atom. The van der Waals surface area contributed by atoms with Gasteiger partial charge in [0, 0.05) is 51.3 Å². The van der Waals surface area contributed by atoms with E-state index in [2.05, 4.69) is 54.4 Å². The molecule has 0 radical (unpaired) electrons. The van der Waals surface area contributed by atoms with E-state index in [9.17, 15) is 4.39 Å². The number of pyridine rings is 1. The fraction of sp³-hybridized carbons (Fsp3) is 0.348. The summed E-state index contributed by atoms with van der Waals surface area (Å²) in [6.45, 7) is 2.89. The minimum Gasteiger partial charge on any atom is -0.352 e. The number of aryl methyl sites for hydroxylation is 2. The number of benzene rings is 1. The zero-order chi connectivity index (χ0) is 21.5. The summed E-state index contributed by atoms with van der Waals surface area (Å²) in [5.74, 6) is 1.80. The number of hydrogen-bond donors (Lipinski definition) is 2. The number of aromatic nitrogens is 3. The van der Waals surface area contributed by atoms with Crippen LogP contribution < -0.4 is 15.5 Å². The first-order chi connectivity index (χ1) is 15.2. The molecule has 1 saturated heterocycles. The maximum absolute atomic E-state index is 14.0.